The summed E-state index contributed by atoms with van der Waals surface area (Å²) < 4.78 is 0. The Morgan fingerprint density at radius 3 is 3.00 bits per heavy atom. The zero-order valence-corrected chi connectivity index (χ0v) is 11.1. The molecule has 2 N–H and O–H groups in total. The molecule has 1 aliphatic heterocycles. The van der Waals surface area contributed by atoms with E-state index >= 15 is 0 Å². The monoisotopic (exact) mass is 293 g/mol. The molecule has 0 saturated carbocycles. The van der Waals surface area contributed by atoms with Crippen molar-refractivity contribution in [3.8, 4) is 0 Å². The van der Waals surface area contributed by atoms with Gasteiger partial charge >= 0.3 is 0 Å². The molecule has 1 atom stereocenters. The molecule has 0 fully saturated rings. The first-order valence-electron chi connectivity index (χ1n) is 5.41. The molecule has 0 saturated heterocycles. The van der Waals surface area contributed by atoms with E-state index in [9.17, 15) is 9.90 Å². The third-order valence-corrected chi connectivity index (χ3v) is 4.11. The van der Waals surface area contributed by atoms with Crippen molar-refractivity contribution >= 4 is 35.0 Å². The number of rotatable bonds is 2. The molecule has 2 aromatic rings. The number of aliphatic hydroxyl groups is 1. The van der Waals surface area contributed by atoms with Crippen molar-refractivity contribution < 1.29 is 9.90 Å². The average molecular weight is 294 g/mol. The third-order valence-electron chi connectivity index (χ3n) is 2.67. The summed E-state index contributed by atoms with van der Waals surface area (Å²) in [5.41, 5.74) is 1.08. The van der Waals surface area contributed by atoms with E-state index in [4.69, 9.17) is 11.6 Å². The maximum atomic E-state index is 11.4. The van der Waals surface area contributed by atoms with E-state index in [0.29, 0.717) is 16.3 Å². The zero-order valence-electron chi connectivity index (χ0n) is 9.50. The summed E-state index contributed by atoms with van der Waals surface area (Å²) in [4.78, 5) is 20.1. The Labute approximate surface area is 118 Å². The molecular formula is C12H8ClN3O2S. The molecule has 1 aromatic heterocycles. The van der Waals surface area contributed by atoms with Crippen LogP contribution in [0.15, 0.2) is 40.6 Å². The number of halogens is 1. The van der Waals surface area contributed by atoms with Gasteiger partial charge in [-0.1, -0.05) is 23.4 Å². The highest BCUT2D eigenvalue weighted by Gasteiger charge is 2.29. The highest BCUT2D eigenvalue weighted by molar-refractivity contribution is 7.99. The number of nitrogens with zero attached hydrogens (tertiary/aromatic N) is 2. The van der Waals surface area contributed by atoms with E-state index < -0.39 is 12.0 Å². The highest BCUT2D eigenvalue weighted by atomic mass is 35.5. The van der Waals surface area contributed by atoms with Gasteiger partial charge in [0, 0.05) is 22.3 Å². The van der Waals surface area contributed by atoms with Crippen LogP contribution in [0.2, 0.25) is 5.02 Å². The lowest BCUT2D eigenvalue weighted by Gasteiger charge is -2.07. The molecule has 0 bridgehead atoms. The Morgan fingerprint density at radius 1 is 1.42 bits per heavy atom. The van der Waals surface area contributed by atoms with Crippen molar-refractivity contribution in [2.75, 3.05) is 5.32 Å². The van der Waals surface area contributed by atoms with Crippen LogP contribution in [0.4, 0.5) is 5.69 Å². The van der Waals surface area contributed by atoms with E-state index in [1.165, 1.54) is 18.1 Å². The van der Waals surface area contributed by atoms with Gasteiger partial charge in [0.2, 0.25) is 0 Å². The van der Waals surface area contributed by atoms with Crippen LogP contribution in [0.5, 0.6) is 0 Å². The molecule has 1 amide bonds. The summed E-state index contributed by atoms with van der Waals surface area (Å²) >= 11 is 7.52. The van der Waals surface area contributed by atoms with Crippen molar-refractivity contribution in [3.63, 3.8) is 0 Å². The van der Waals surface area contributed by atoms with Crippen LogP contribution >= 0.6 is 23.4 Å². The number of carbonyl (C=O) groups excluding carboxylic acids is 1. The maximum Gasteiger partial charge on any atom is 0.257 e. The quantitative estimate of drug-likeness (QED) is 0.831. The number of aliphatic hydroxyl groups excluding tert-OH is 1. The summed E-state index contributed by atoms with van der Waals surface area (Å²) in [6, 6.07) is 5.10. The number of carbonyl (C=O) groups is 1. The minimum absolute atomic E-state index is 0.435. The number of nitrogens with one attached hydrogen (secondary N) is 1. The molecule has 1 unspecified atom stereocenters. The first-order valence-corrected chi connectivity index (χ1v) is 6.61. The lowest BCUT2D eigenvalue weighted by molar-refractivity contribution is -0.123. The molecule has 7 heteroatoms. The number of aromatic nitrogens is 2. The fourth-order valence-corrected chi connectivity index (χ4v) is 2.85. The molecule has 0 radical (unpaired) electrons. The lowest BCUT2D eigenvalue weighted by Crippen LogP contribution is -2.10. The highest BCUT2D eigenvalue weighted by Crippen LogP contribution is 2.40. The normalized spacial score (nSPS) is 17.2. The molecule has 5 nitrogen and oxygen atoms in total. The van der Waals surface area contributed by atoms with Crippen LogP contribution in [0.1, 0.15) is 11.7 Å². The van der Waals surface area contributed by atoms with Gasteiger partial charge in [-0.25, -0.2) is 9.97 Å². The molecule has 1 aromatic carbocycles. The fourth-order valence-electron chi connectivity index (χ4n) is 1.78. The summed E-state index contributed by atoms with van der Waals surface area (Å²) in [6.07, 6.45) is 1.95. The molecule has 96 valence electrons. The molecule has 3 rings (SSSR count). The van der Waals surface area contributed by atoms with E-state index in [-0.39, 0.29) is 0 Å². The lowest BCUT2D eigenvalue weighted by atomic mass is 10.1. The van der Waals surface area contributed by atoms with E-state index in [1.54, 1.807) is 24.4 Å². The van der Waals surface area contributed by atoms with Gasteiger partial charge in [0.15, 0.2) is 6.10 Å². The standard InChI is InChI=1S/C12H8ClN3O2S/c13-7-3-6-8(16-12(18)11(6)17)4-9(7)19-10-1-2-14-5-15-10/h1-5,11,17H,(H,16,18). The smallest absolute Gasteiger partial charge is 0.257 e. The van der Waals surface area contributed by atoms with E-state index in [1.807, 2.05) is 0 Å². The van der Waals surface area contributed by atoms with Crippen molar-refractivity contribution in [3.05, 3.63) is 41.3 Å². The summed E-state index contributed by atoms with van der Waals surface area (Å²) in [7, 11) is 0. The summed E-state index contributed by atoms with van der Waals surface area (Å²) in [5.74, 6) is -0.435. The maximum absolute atomic E-state index is 11.4. The van der Waals surface area contributed by atoms with E-state index in [2.05, 4.69) is 15.3 Å². The molecule has 1 aliphatic rings. The second-order valence-electron chi connectivity index (χ2n) is 3.91. The van der Waals surface area contributed by atoms with Crippen molar-refractivity contribution in [1.82, 2.24) is 9.97 Å². The second-order valence-corrected chi connectivity index (χ2v) is 5.38. The van der Waals surface area contributed by atoms with Crippen LogP contribution < -0.4 is 5.32 Å². The predicted octanol–water partition coefficient (Wildman–Crippen LogP) is 2.27. The summed E-state index contributed by atoms with van der Waals surface area (Å²) in [6.45, 7) is 0. The Kier molecular flexibility index (Phi) is 3.14. The molecule has 0 spiro atoms. The largest absolute Gasteiger partial charge is 0.378 e. The first-order chi connectivity index (χ1) is 9.15. The Morgan fingerprint density at radius 2 is 2.26 bits per heavy atom. The molecule has 2 heterocycles. The van der Waals surface area contributed by atoms with Crippen LogP contribution in [0.3, 0.4) is 0 Å². The van der Waals surface area contributed by atoms with Gasteiger partial charge in [-0.15, -0.1) is 0 Å². The van der Waals surface area contributed by atoms with Crippen molar-refractivity contribution in [2.24, 2.45) is 0 Å². The van der Waals surface area contributed by atoms with Gasteiger partial charge in [0.1, 0.15) is 11.4 Å². The molecular weight excluding hydrogens is 286 g/mol. The second kappa shape index (κ2) is 4.80. The zero-order chi connectivity index (χ0) is 13.4. The third kappa shape index (κ3) is 2.30. The number of fused-ring (bicyclic) bond motifs is 1. The average Bonchev–Trinajstić information content (AvgIpc) is 2.67. The van der Waals surface area contributed by atoms with Crippen LogP contribution in [-0.4, -0.2) is 21.0 Å². The fraction of sp³-hybridized carbons (Fsp3) is 0.0833. The van der Waals surface area contributed by atoms with Gasteiger partial charge in [-0.2, -0.15) is 0 Å². The van der Waals surface area contributed by atoms with Crippen molar-refractivity contribution in [1.29, 1.82) is 0 Å². The SMILES string of the molecule is O=C1Nc2cc(Sc3ccncn3)c(Cl)cc2C1O. The first kappa shape index (κ1) is 12.4. The molecule has 0 aliphatic carbocycles. The minimum atomic E-state index is -1.15. The number of amides is 1. The van der Waals surface area contributed by atoms with Crippen LogP contribution in [0, 0.1) is 0 Å². The Balaban J connectivity index is 1.97. The number of anilines is 1. The van der Waals surface area contributed by atoms with Gasteiger partial charge < -0.3 is 10.4 Å². The van der Waals surface area contributed by atoms with Crippen molar-refractivity contribution in [2.45, 2.75) is 16.0 Å². The Hall–Kier alpha value is -1.63. The van der Waals surface area contributed by atoms with Gasteiger partial charge in [0.05, 0.1) is 5.02 Å². The number of hydrogen-bond acceptors (Lipinski definition) is 5. The van der Waals surface area contributed by atoms with Gasteiger partial charge in [-0.05, 0) is 18.2 Å². The van der Waals surface area contributed by atoms with Crippen LogP contribution in [0.25, 0.3) is 0 Å². The minimum Gasteiger partial charge on any atom is -0.378 e. The van der Waals surface area contributed by atoms with E-state index in [0.717, 1.165) is 9.92 Å². The predicted molar refractivity (Wildman–Crippen MR) is 71.2 cm³/mol. The van der Waals surface area contributed by atoms with Crippen LogP contribution in [-0.2, 0) is 4.79 Å². The molecule has 19 heavy (non-hydrogen) atoms. The number of benzene rings is 1. The summed E-state index contributed by atoms with van der Waals surface area (Å²) in [5, 5.41) is 13.5. The number of hydrogen-bond donors (Lipinski definition) is 2. The topological polar surface area (TPSA) is 75.1 Å². The Bertz CT molecular complexity index is 651. The van der Waals surface area contributed by atoms with Gasteiger partial charge in [0.25, 0.3) is 5.91 Å². The van der Waals surface area contributed by atoms with Gasteiger partial charge in [-0.3, -0.25) is 4.79 Å².